The topological polar surface area (TPSA) is 79.5 Å². The smallest absolute Gasteiger partial charge is 0.335 e. The van der Waals surface area contributed by atoms with Crippen molar-refractivity contribution in [2.75, 3.05) is 13.1 Å². The van der Waals surface area contributed by atoms with Gasteiger partial charge in [0.25, 0.3) is 0 Å². The molecule has 122 valence electrons. The van der Waals surface area contributed by atoms with Crippen molar-refractivity contribution >= 4 is 5.97 Å². The van der Waals surface area contributed by atoms with Crippen LogP contribution >= 0.6 is 0 Å². The van der Waals surface area contributed by atoms with Gasteiger partial charge in [0.15, 0.2) is 5.82 Å². The Morgan fingerprint density at radius 3 is 2.83 bits per heavy atom. The molecule has 1 unspecified atom stereocenters. The van der Waals surface area contributed by atoms with Gasteiger partial charge in [-0.25, -0.2) is 4.79 Å². The van der Waals surface area contributed by atoms with E-state index in [2.05, 4.69) is 15.0 Å². The van der Waals surface area contributed by atoms with Gasteiger partial charge in [-0.3, -0.25) is 4.90 Å². The normalized spacial score (nSPS) is 18.9. The minimum absolute atomic E-state index is 0.333. The average Bonchev–Trinajstić information content (AvgIpc) is 3.03. The second kappa shape index (κ2) is 6.91. The number of aromatic nitrogens is 2. The number of likely N-dealkylation sites (tertiary alicyclic amines) is 1. The minimum Gasteiger partial charge on any atom is -0.478 e. The van der Waals surface area contributed by atoms with Crippen LogP contribution in [0.4, 0.5) is 0 Å². The lowest BCUT2D eigenvalue weighted by Gasteiger charge is -2.32. The third-order valence-electron chi connectivity index (χ3n) is 4.32. The Morgan fingerprint density at radius 1 is 1.39 bits per heavy atom. The molecule has 0 spiro atoms. The molecule has 1 aliphatic rings. The Labute approximate surface area is 135 Å². The van der Waals surface area contributed by atoms with Crippen molar-refractivity contribution in [3.63, 3.8) is 0 Å². The number of hydrogen-bond acceptors (Lipinski definition) is 5. The lowest BCUT2D eigenvalue weighted by Crippen LogP contribution is -2.34. The van der Waals surface area contributed by atoms with Crippen molar-refractivity contribution < 1.29 is 14.4 Å². The highest BCUT2D eigenvalue weighted by atomic mass is 16.5. The van der Waals surface area contributed by atoms with E-state index in [0.717, 1.165) is 38.2 Å². The molecule has 0 amide bonds. The van der Waals surface area contributed by atoms with Crippen LogP contribution in [0, 0.1) is 0 Å². The van der Waals surface area contributed by atoms with Crippen molar-refractivity contribution in [2.45, 2.75) is 38.6 Å². The van der Waals surface area contributed by atoms with E-state index < -0.39 is 5.97 Å². The summed E-state index contributed by atoms with van der Waals surface area (Å²) in [5.74, 6) is 0.951. The highest BCUT2D eigenvalue weighted by molar-refractivity contribution is 5.87. The van der Waals surface area contributed by atoms with Gasteiger partial charge in [-0.1, -0.05) is 24.2 Å². The van der Waals surface area contributed by atoms with Gasteiger partial charge >= 0.3 is 5.97 Å². The van der Waals surface area contributed by atoms with Crippen LogP contribution < -0.4 is 0 Å². The monoisotopic (exact) mass is 315 g/mol. The molecular weight excluding hydrogens is 294 g/mol. The fourth-order valence-electron chi connectivity index (χ4n) is 3.06. The maximum Gasteiger partial charge on any atom is 0.335 e. The van der Waals surface area contributed by atoms with E-state index >= 15 is 0 Å². The number of nitrogens with zero attached hydrogens (tertiary/aromatic N) is 3. The average molecular weight is 315 g/mol. The summed E-state index contributed by atoms with van der Waals surface area (Å²) >= 11 is 0. The summed E-state index contributed by atoms with van der Waals surface area (Å²) in [6, 6.07) is 7.23. The molecule has 0 saturated carbocycles. The lowest BCUT2D eigenvalue weighted by atomic mass is 9.90. The third kappa shape index (κ3) is 3.76. The van der Waals surface area contributed by atoms with E-state index in [1.165, 1.54) is 5.56 Å². The molecule has 1 fully saturated rings. The molecule has 0 bridgehead atoms. The Morgan fingerprint density at radius 2 is 2.17 bits per heavy atom. The van der Waals surface area contributed by atoms with E-state index in [-0.39, 0.29) is 0 Å². The van der Waals surface area contributed by atoms with Gasteiger partial charge in [0.1, 0.15) is 0 Å². The van der Waals surface area contributed by atoms with Crippen LogP contribution in [0.3, 0.4) is 0 Å². The number of hydrogen-bond donors (Lipinski definition) is 1. The van der Waals surface area contributed by atoms with Gasteiger partial charge in [-0.2, -0.15) is 4.98 Å². The maximum atomic E-state index is 10.9. The molecule has 6 heteroatoms. The predicted octanol–water partition coefficient (Wildman–Crippen LogP) is 2.71. The summed E-state index contributed by atoms with van der Waals surface area (Å²) in [7, 11) is 0. The standard InChI is InChI=1S/C17H21N3O3/c1-2-15-18-16(23-19-15)11-20-9-3-4-14(10-20)12-5-7-13(8-6-12)17(21)22/h5-8,14H,2-4,9-11H2,1H3,(H,21,22). The number of carboxylic acid groups (broad SMARTS) is 1. The van der Waals surface area contributed by atoms with Gasteiger partial charge in [0.05, 0.1) is 12.1 Å². The number of benzene rings is 1. The molecule has 1 atom stereocenters. The third-order valence-corrected chi connectivity index (χ3v) is 4.32. The largest absolute Gasteiger partial charge is 0.478 e. The van der Waals surface area contributed by atoms with Crippen molar-refractivity contribution in [3.05, 3.63) is 47.1 Å². The maximum absolute atomic E-state index is 10.9. The van der Waals surface area contributed by atoms with E-state index in [1.807, 2.05) is 19.1 Å². The van der Waals surface area contributed by atoms with Crippen molar-refractivity contribution in [3.8, 4) is 0 Å². The fourth-order valence-corrected chi connectivity index (χ4v) is 3.06. The minimum atomic E-state index is -0.884. The Bertz CT molecular complexity index is 666. The zero-order chi connectivity index (χ0) is 16.2. The first-order chi connectivity index (χ1) is 11.2. The number of rotatable bonds is 5. The SMILES string of the molecule is CCc1noc(CN2CCCC(c3ccc(C(=O)O)cc3)C2)n1. The number of carbonyl (C=O) groups is 1. The molecule has 1 saturated heterocycles. The quantitative estimate of drug-likeness (QED) is 0.914. The van der Waals surface area contributed by atoms with Crippen LogP contribution in [0.1, 0.15) is 53.3 Å². The number of carboxylic acids is 1. The fraction of sp³-hybridized carbons (Fsp3) is 0.471. The van der Waals surface area contributed by atoms with E-state index in [9.17, 15) is 4.79 Å². The molecule has 2 aromatic rings. The lowest BCUT2D eigenvalue weighted by molar-refractivity contribution is 0.0697. The number of aryl methyl sites for hydroxylation is 1. The summed E-state index contributed by atoms with van der Waals surface area (Å²) in [5, 5.41) is 12.9. The van der Waals surface area contributed by atoms with Crippen molar-refractivity contribution in [1.29, 1.82) is 0 Å². The van der Waals surface area contributed by atoms with Gasteiger partial charge < -0.3 is 9.63 Å². The second-order valence-electron chi connectivity index (χ2n) is 5.96. The summed E-state index contributed by atoms with van der Waals surface area (Å²) in [5.41, 5.74) is 1.53. The Hall–Kier alpha value is -2.21. The van der Waals surface area contributed by atoms with E-state index in [1.54, 1.807) is 12.1 Å². The molecule has 1 aliphatic heterocycles. The van der Waals surface area contributed by atoms with E-state index in [4.69, 9.17) is 9.63 Å². The van der Waals surface area contributed by atoms with Crippen LogP contribution in [0.5, 0.6) is 0 Å². The summed E-state index contributed by atoms with van der Waals surface area (Å²) in [6.07, 6.45) is 3.01. The van der Waals surface area contributed by atoms with Crippen LogP contribution in [-0.4, -0.2) is 39.2 Å². The molecule has 0 radical (unpaired) electrons. The number of aromatic carboxylic acids is 1. The summed E-state index contributed by atoms with van der Waals surface area (Å²) in [6.45, 7) is 4.63. The van der Waals surface area contributed by atoms with Gasteiger partial charge in [-0.15, -0.1) is 0 Å². The highest BCUT2D eigenvalue weighted by Crippen LogP contribution is 2.27. The first-order valence-electron chi connectivity index (χ1n) is 8.02. The van der Waals surface area contributed by atoms with Crippen molar-refractivity contribution in [2.24, 2.45) is 0 Å². The molecule has 2 heterocycles. The van der Waals surface area contributed by atoms with Crippen LogP contribution in [-0.2, 0) is 13.0 Å². The van der Waals surface area contributed by atoms with Gasteiger partial charge in [0.2, 0.25) is 5.89 Å². The number of piperidine rings is 1. The van der Waals surface area contributed by atoms with Gasteiger partial charge in [0, 0.05) is 13.0 Å². The Balaban J connectivity index is 1.64. The molecule has 0 aliphatic carbocycles. The predicted molar refractivity (Wildman–Crippen MR) is 84.3 cm³/mol. The van der Waals surface area contributed by atoms with Crippen molar-refractivity contribution in [1.82, 2.24) is 15.0 Å². The summed E-state index contributed by atoms with van der Waals surface area (Å²) < 4.78 is 5.27. The zero-order valence-electron chi connectivity index (χ0n) is 13.2. The van der Waals surface area contributed by atoms with E-state index in [0.29, 0.717) is 23.9 Å². The highest BCUT2D eigenvalue weighted by Gasteiger charge is 2.23. The summed E-state index contributed by atoms with van der Waals surface area (Å²) in [4.78, 5) is 17.6. The molecule has 23 heavy (non-hydrogen) atoms. The zero-order valence-corrected chi connectivity index (χ0v) is 13.2. The first-order valence-corrected chi connectivity index (χ1v) is 8.02. The molecule has 1 N–H and O–H groups in total. The first kappa shape index (κ1) is 15.7. The van der Waals surface area contributed by atoms with Crippen LogP contribution in [0.25, 0.3) is 0 Å². The molecule has 1 aromatic heterocycles. The molecular formula is C17H21N3O3. The molecule has 3 rings (SSSR count). The van der Waals surface area contributed by atoms with Crippen LogP contribution in [0.15, 0.2) is 28.8 Å². The molecule has 1 aromatic carbocycles. The molecule has 6 nitrogen and oxygen atoms in total. The van der Waals surface area contributed by atoms with Gasteiger partial charge in [-0.05, 0) is 43.0 Å². The van der Waals surface area contributed by atoms with Crippen LogP contribution in [0.2, 0.25) is 0 Å². The Kier molecular flexibility index (Phi) is 4.71. The second-order valence-corrected chi connectivity index (χ2v) is 5.96.